The zero-order chi connectivity index (χ0) is 17.6. The normalized spacial score (nSPS) is 11.3. The predicted octanol–water partition coefficient (Wildman–Crippen LogP) is 3.76. The first-order valence-electron chi connectivity index (χ1n) is 8.12. The van der Waals surface area contributed by atoms with Crippen LogP contribution in [0.4, 0.5) is 5.13 Å². The second kappa shape index (κ2) is 10.0. The maximum atomic E-state index is 4.57. The topological polar surface area (TPSA) is 74.2 Å². The van der Waals surface area contributed by atoms with Crippen molar-refractivity contribution in [1.29, 1.82) is 0 Å². The Labute approximate surface area is 178 Å². The molecular formula is C17H23IN6S2. The number of hydrogen-bond donors (Lipinski definition) is 3. The molecular weight excluding hydrogens is 479 g/mol. The van der Waals surface area contributed by atoms with Gasteiger partial charge >= 0.3 is 0 Å². The Balaban J connectivity index is 0.00000243. The molecule has 0 unspecified atom stereocenters. The van der Waals surface area contributed by atoms with E-state index < -0.39 is 0 Å². The summed E-state index contributed by atoms with van der Waals surface area (Å²) in [6.45, 7) is 6.35. The van der Waals surface area contributed by atoms with Crippen LogP contribution in [-0.2, 0) is 6.54 Å². The molecule has 3 aromatic rings. The number of aliphatic imine (C=N–C) groups is 1. The number of halogens is 1. The largest absolute Gasteiger partial charge is 0.360 e. The summed E-state index contributed by atoms with van der Waals surface area (Å²) < 4.78 is 1.20. The fourth-order valence-electron chi connectivity index (χ4n) is 2.42. The van der Waals surface area contributed by atoms with Crippen LogP contribution in [0, 0.1) is 13.8 Å². The summed E-state index contributed by atoms with van der Waals surface area (Å²) >= 11 is 3.39. The van der Waals surface area contributed by atoms with Crippen LogP contribution in [0.3, 0.4) is 0 Å². The van der Waals surface area contributed by atoms with Gasteiger partial charge in [0, 0.05) is 25.0 Å². The van der Waals surface area contributed by atoms with Crippen molar-refractivity contribution < 1.29 is 0 Å². The predicted molar refractivity (Wildman–Crippen MR) is 123 cm³/mol. The fourth-order valence-corrected chi connectivity index (χ4v) is 4.19. The van der Waals surface area contributed by atoms with Gasteiger partial charge in [-0.3, -0.25) is 4.99 Å². The average molecular weight is 502 g/mol. The second-order valence-electron chi connectivity index (χ2n) is 5.51. The highest BCUT2D eigenvalue weighted by atomic mass is 127. The maximum absolute atomic E-state index is 4.57. The zero-order valence-corrected chi connectivity index (χ0v) is 19.0. The quantitative estimate of drug-likeness (QED) is 0.207. The summed E-state index contributed by atoms with van der Waals surface area (Å²) in [6, 6.07) is 8.17. The number of para-hydroxylation sites is 1. The van der Waals surface area contributed by atoms with Gasteiger partial charge in [0.15, 0.2) is 11.1 Å². The second-order valence-corrected chi connectivity index (χ2v) is 7.83. The molecule has 2 heterocycles. The zero-order valence-electron chi connectivity index (χ0n) is 15.0. The molecule has 3 N–H and O–H groups in total. The van der Waals surface area contributed by atoms with Crippen molar-refractivity contribution in [3.05, 3.63) is 39.8 Å². The van der Waals surface area contributed by atoms with Crippen molar-refractivity contribution in [3.8, 4) is 0 Å². The van der Waals surface area contributed by atoms with E-state index in [2.05, 4.69) is 37.0 Å². The highest BCUT2D eigenvalue weighted by molar-refractivity contribution is 14.0. The van der Waals surface area contributed by atoms with Crippen LogP contribution in [0.1, 0.15) is 15.6 Å². The highest BCUT2D eigenvalue weighted by Crippen LogP contribution is 2.24. The van der Waals surface area contributed by atoms with E-state index in [-0.39, 0.29) is 24.0 Å². The van der Waals surface area contributed by atoms with E-state index in [1.807, 2.05) is 32.0 Å². The third-order valence-electron chi connectivity index (χ3n) is 3.63. The van der Waals surface area contributed by atoms with E-state index in [9.17, 15) is 0 Å². The van der Waals surface area contributed by atoms with E-state index in [0.29, 0.717) is 0 Å². The van der Waals surface area contributed by atoms with Crippen molar-refractivity contribution in [2.75, 3.05) is 25.5 Å². The van der Waals surface area contributed by atoms with Crippen molar-refractivity contribution in [2.45, 2.75) is 20.4 Å². The lowest BCUT2D eigenvalue weighted by atomic mass is 10.3. The molecule has 0 radical (unpaired) electrons. The average Bonchev–Trinajstić information content (AvgIpc) is 3.16. The lowest BCUT2D eigenvalue weighted by molar-refractivity contribution is 0.815. The molecule has 6 nitrogen and oxygen atoms in total. The number of nitrogens with zero attached hydrogens (tertiary/aromatic N) is 3. The number of benzene rings is 1. The van der Waals surface area contributed by atoms with Gasteiger partial charge in [0.25, 0.3) is 0 Å². The molecule has 2 aromatic heterocycles. The third kappa shape index (κ3) is 5.52. The molecule has 0 bridgehead atoms. The third-order valence-corrected chi connectivity index (χ3v) is 5.69. The van der Waals surface area contributed by atoms with Crippen LogP contribution < -0.4 is 16.0 Å². The molecule has 0 amide bonds. The number of thiazole rings is 2. The minimum Gasteiger partial charge on any atom is -0.360 e. The van der Waals surface area contributed by atoms with Crippen LogP contribution in [0.25, 0.3) is 10.2 Å². The van der Waals surface area contributed by atoms with Crippen LogP contribution >= 0.6 is 46.7 Å². The molecule has 0 atom stereocenters. The minimum absolute atomic E-state index is 0. The Hall–Kier alpha value is -1.46. The molecule has 1 aromatic carbocycles. The van der Waals surface area contributed by atoms with Gasteiger partial charge in [0.05, 0.1) is 27.5 Å². The van der Waals surface area contributed by atoms with Crippen LogP contribution in [-0.4, -0.2) is 36.1 Å². The van der Waals surface area contributed by atoms with Crippen LogP contribution in [0.5, 0.6) is 0 Å². The smallest absolute Gasteiger partial charge is 0.191 e. The van der Waals surface area contributed by atoms with Gasteiger partial charge in [0.2, 0.25) is 0 Å². The van der Waals surface area contributed by atoms with Crippen molar-refractivity contribution in [1.82, 2.24) is 20.6 Å². The molecule has 26 heavy (non-hydrogen) atoms. The monoisotopic (exact) mass is 502 g/mol. The van der Waals surface area contributed by atoms with E-state index >= 15 is 0 Å². The molecule has 0 spiro atoms. The molecule has 0 fully saturated rings. The SMILES string of the molecule is CN=C(NCCNc1nc2ccccc2s1)NCc1sc(C)nc1C.I. The summed E-state index contributed by atoms with van der Waals surface area (Å²) in [7, 11) is 1.78. The molecule has 140 valence electrons. The number of aryl methyl sites for hydroxylation is 2. The van der Waals surface area contributed by atoms with Crippen LogP contribution in [0.15, 0.2) is 29.3 Å². The fraction of sp³-hybridized carbons (Fsp3) is 0.353. The summed E-state index contributed by atoms with van der Waals surface area (Å²) in [6.07, 6.45) is 0. The number of nitrogens with one attached hydrogen (secondary N) is 3. The van der Waals surface area contributed by atoms with Gasteiger partial charge in [-0.15, -0.1) is 35.3 Å². The molecule has 0 saturated carbocycles. The van der Waals surface area contributed by atoms with E-state index in [1.54, 1.807) is 29.7 Å². The van der Waals surface area contributed by atoms with Gasteiger partial charge in [-0.05, 0) is 26.0 Å². The van der Waals surface area contributed by atoms with Crippen molar-refractivity contribution in [3.63, 3.8) is 0 Å². The number of rotatable bonds is 6. The summed E-state index contributed by atoms with van der Waals surface area (Å²) in [4.78, 5) is 14.5. The van der Waals surface area contributed by atoms with Gasteiger partial charge < -0.3 is 16.0 Å². The molecule has 0 saturated heterocycles. The van der Waals surface area contributed by atoms with Gasteiger partial charge in [-0.2, -0.15) is 0 Å². The first-order chi connectivity index (χ1) is 12.2. The van der Waals surface area contributed by atoms with Crippen molar-refractivity contribution in [2.24, 2.45) is 4.99 Å². The Morgan fingerprint density at radius 3 is 2.58 bits per heavy atom. The summed E-state index contributed by atoms with van der Waals surface area (Å²) in [5.74, 6) is 0.788. The first kappa shape index (κ1) is 20.8. The Morgan fingerprint density at radius 1 is 1.08 bits per heavy atom. The van der Waals surface area contributed by atoms with Crippen molar-refractivity contribution >= 4 is 68.0 Å². The lowest BCUT2D eigenvalue weighted by Gasteiger charge is -2.11. The standard InChI is InChI=1S/C17H22N6S2.HI/c1-11-15(24-12(2)22-11)10-21-16(18-3)19-8-9-20-17-23-13-6-4-5-7-14(13)25-17;/h4-7H,8-10H2,1-3H3,(H,20,23)(H2,18,19,21);1H. The molecule has 0 aliphatic carbocycles. The Kier molecular flexibility index (Phi) is 8.04. The molecule has 3 rings (SSSR count). The first-order valence-corrected chi connectivity index (χ1v) is 9.76. The number of anilines is 1. The molecule has 9 heteroatoms. The molecule has 0 aliphatic heterocycles. The van der Waals surface area contributed by atoms with Gasteiger partial charge in [0.1, 0.15) is 0 Å². The van der Waals surface area contributed by atoms with E-state index in [4.69, 9.17) is 0 Å². The lowest BCUT2D eigenvalue weighted by Crippen LogP contribution is -2.39. The number of hydrogen-bond acceptors (Lipinski definition) is 6. The minimum atomic E-state index is 0. The maximum Gasteiger partial charge on any atom is 0.191 e. The Morgan fingerprint density at radius 2 is 1.88 bits per heavy atom. The highest BCUT2D eigenvalue weighted by Gasteiger charge is 2.06. The van der Waals surface area contributed by atoms with E-state index in [1.165, 1.54) is 9.58 Å². The van der Waals surface area contributed by atoms with E-state index in [0.717, 1.165) is 46.9 Å². The summed E-state index contributed by atoms with van der Waals surface area (Å²) in [5, 5.41) is 12.0. The Bertz CT molecular complexity index is 840. The van der Waals surface area contributed by atoms with Gasteiger partial charge in [-0.1, -0.05) is 23.5 Å². The summed E-state index contributed by atoms with van der Waals surface area (Å²) in [5.41, 5.74) is 2.12. The van der Waals surface area contributed by atoms with Crippen LogP contribution in [0.2, 0.25) is 0 Å². The van der Waals surface area contributed by atoms with Gasteiger partial charge in [-0.25, -0.2) is 9.97 Å². The number of aromatic nitrogens is 2. The molecule has 0 aliphatic rings. The number of fused-ring (bicyclic) bond motifs is 1. The number of guanidine groups is 1.